The Labute approximate surface area is 123 Å². The highest BCUT2D eigenvalue weighted by molar-refractivity contribution is 5.78. The van der Waals surface area contributed by atoms with Crippen molar-refractivity contribution in [2.75, 3.05) is 33.9 Å². The lowest BCUT2D eigenvalue weighted by atomic mass is 10.0. The summed E-state index contributed by atoms with van der Waals surface area (Å²) >= 11 is 0. The standard InChI is InChI=1S/C15H20FNO4/c1-20-13(11-3-5-12(16)6-4-11)9-17-8-7-15(10-17,21-2)14(18)19/h3-6,13H,7-10H2,1-2H3,(H,18,19). The second-order valence-corrected chi connectivity index (χ2v) is 5.26. The highest BCUT2D eigenvalue weighted by atomic mass is 19.1. The summed E-state index contributed by atoms with van der Waals surface area (Å²) in [6, 6.07) is 6.14. The lowest BCUT2D eigenvalue weighted by molar-refractivity contribution is -0.160. The summed E-state index contributed by atoms with van der Waals surface area (Å²) in [6.07, 6.45) is 0.214. The van der Waals surface area contributed by atoms with E-state index in [9.17, 15) is 14.3 Å². The van der Waals surface area contributed by atoms with Crippen molar-refractivity contribution < 1.29 is 23.8 Å². The molecule has 2 atom stereocenters. The van der Waals surface area contributed by atoms with Gasteiger partial charge in [0, 0.05) is 40.3 Å². The van der Waals surface area contributed by atoms with Gasteiger partial charge in [0.25, 0.3) is 0 Å². The summed E-state index contributed by atoms with van der Waals surface area (Å²) in [4.78, 5) is 13.3. The molecule has 1 aliphatic rings. The van der Waals surface area contributed by atoms with Gasteiger partial charge in [-0.15, -0.1) is 0 Å². The maximum Gasteiger partial charge on any atom is 0.337 e. The molecule has 0 radical (unpaired) electrons. The van der Waals surface area contributed by atoms with Crippen LogP contribution in [0.25, 0.3) is 0 Å². The molecule has 1 aliphatic heterocycles. The zero-order chi connectivity index (χ0) is 15.5. The molecule has 116 valence electrons. The molecule has 0 aliphatic carbocycles. The Morgan fingerprint density at radius 1 is 1.43 bits per heavy atom. The normalized spacial score (nSPS) is 24.1. The zero-order valence-corrected chi connectivity index (χ0v) is 12.2. The van der Waals surface area contributed by atoms with E-state index in [4.69, 9.17) is 9.47 Å². The number of aliphatic carboxylic acids is 1. The van der Waals surface area contributed by atoms with Crippen LogP contribution >= 0.6 is 0 Å². The lowest BCUT2D eigenvalue weighted by Crippen LogP contribution is -2.43. The Morgan fingerprint density at radius 2 is 2.10 bits per heavy atom. The van der Waals surface area contributed by atoms with E-state index >= 15 is 0 Å². The van der Waals surface area contributed by atoms with Crippen molar-refractivity contribution in [3.8, 4) is 0 Å². The predicted octanol–water partition coefficient (Wildman–Crippen LogP) is 1.69. The van der Waals surface area contributed by atoms with Crippen LogP contribution in [0.3, 0.4) is 0 Å². The third kappa shape index (κ3) is 3.40. The number of rotatable bonds is 6. The van der Waals surface area contributed by atoms with Crippen LogP contribution in [0.15, 0.2) is 24.3 Å². The zero-order valence-electron chi connectivity index (χ0n) is 12.2. The molecule has 0 bridgehead atoms. The maximum absolute atomic E-state index is 13.0. The van der Waals surface area contributed by atoms with E-state index in [-0.39, 0.29) is 11.9 Å². The fourth-order valence-electron chi connectivity index (χ4n) is 2.67. The first-order valence-electron chi connectivity index (χ1n) is 6.80. The molecular weight excluding hydrogens is 277 g/mol. The number of likely N-dealkylation sites (tertiary alicyclic amines) is 1. The Kier molecular flexibility index (Phi) is 4.92. The number of carbonyl (C=O) groups is 1. The average molecular weight is 297 g/mol. The smallest absolute Gasteiger partial charge is 0.337 e. The minimum Gasteiger partial charge on any atom is -0.479 e. The highest BCUT2D eigenvalue weighted by Crippen LogP contribution is 2.28. The van der Waals surface area contributed by atoms with Crippen molar-refractivity contribution >= 4 is 5.97 Å². The van der Waals surface area contributed by atoms with Gasteiger partial charge in [-0.25, -0.2) is 9.18 Å². The van der Waals surface area contributed by atoms with Crippen molar-refractivity contribution in [1.29, 1.82) is 0 Å². The Balaban J connectivity index is 2.03. The fourth-order valence-corrected chi connectivity index (χ4v) is 2.67. The minimum absolute atomic E-state index is 0.230. The molecule has 1 heterocycles. The van der Waals surface area contributed by atoms with Crippen molar-refractivity contribution in [1.82, 2.24) is 4.90 Å². The molecule has 1 aromatic rings. The van der Waals surface area contributed by atoms with Crippen molar-refractivity contribution in [3.05, 3.63) is 35.6 Å². The van der Waals surface area contributed by atoms with Crippen LogP contribution in [0, 0.1) is 5.82 Å². The van der Waals surface area contributed by atoms with Gasteiger partial charge in [0.1, 0.15) is 5.82 Å². The largest absolute Gasteiger partial charge is 0.479 e. The third-order valence-electron chi connectivity index (χ3n) is 4.04. The number of nitrogens with zero attached hydrogens (tertiary/aromatic N) is 1. The summed E-state index contributed by atoms with van der Waals surface area (Å²) in [5, 5.41) is 9.30. The predicted molar refractivity (Wildman–Crippen MR) is 74.6 cm³/mol. The maximum atomic E-state index is 13.0. The molecule has 0 spiro atoms. The first-order valence-corrected chi connectivity index (χ1v) is 6.80. The molecule has 2 unspecified atom stereocenters. The molecule has 1 aromatic carbocycles. The molecule has 21 heavy (non-hydrogen) atoms. The van der Waals surface area contributed by atoms with Gasteiger partial charge in [0.15, 0.2) is 5.60 Å². The summed E-state index contributed by atoms with van der Waals surface area (Å²) in [5.74, 6) is -1.23. The number of benzene rings is 1. The minimum atomic E-state index is -1.14. The van der Waals surface area contributed by atoms with Gasteiger partial charge in [0.05, 0.1) is 6.10 Å². The first-order chi connectivity index (χ1) is 10.0. The number of hydrogen-bond acceptors (Lipinski definition) is 4. The third-order valence-corrected chi connectivity index (χ3v) is 4.04. The molecule has 5 nitrogen and oxygen atoms in total. The molecule has 1 fully saturated rings. The summed E-state index contributed by atoms with van der Waals surface area (Å²) < 4.78 is 23.6. The molecule has 1 saturated heterocycles. The number of carboxylic acids is 1. The van der Waals surface area contributed by atoms with E-state index in [1.54, 1.807) is 19.2 Å². The van der Waals surface area contributed by atoms with Crippen molar-refractivity contribution in [3.63, 3.8) is 0 Å². The van der Waals surface area contributed by atoms with Crippen LogP contribution < -0.4 is 0 Å². The molecule has 1 N–H and O–H groups in total. The number of methoxy groups -OCH3 is 2. The van der Waals surface area contributed by atoms with Crippen LogP contribution in [0.1, 0.15) is 18.1 Å². The van der Waals surface area contributed by atoms with Crippen LogP contribution in [-0.4, -0.2) is 55.4 Å². The quantitative estimate of drug-likeness (QED) is 0.866. The Bertz CT molecular complexity index is 493. The molecule has 0 aromatic heterocycles. The van der Waals surface area contributed by atoms with Gasteiger partial charge in [0.2, 0.25) is 0 Å². The van der Waals surface area contributed by atoms with E-state index < -0.39 is 11.6 Å². The van der Waals surface area contributed by atoms with E-state index in [0.717, 1.165) is 5.56 Å². The topological polar surface area (TPSA) is 59.0 Å². The van der Waals surface area contributed by atoms with Gasteiger partial charge in [-0.1, -0.05) is 12.1 Å². The van der Waals surface area contributed by atoms with Crippen LogP contribution in [0.2, 0.25) is 0 Å². The van der Waals surface area contributed by atoms with Crippen molar-refractivity contribution in [2.45, 2.75) is 18.1 Å². The fraction of sp³-hybridized carbons (Fsp3) is 0.533. The number of carboxylic acid groups (broad SMARTS) is 1. The highest BCUT2D eigenvalue weighted by Gasteiger charge is 2.45. The Hall–Kier alpha value is -1.50. The van der Waals surface area contributed by atoms with E-state index in [0.29, 0.717) is 26.1 Å². The van der Waals surface area contributed by atoms with Gasteiger partial charge in [-0.3, -0.25) is 4.90 Å². The SMILES string of the molecule is COC(CN1CCC(OC)(C(=O)O)C1)c1ccc(F)cc1. The summed E-state index contributed by atoms with van der Waals surface area (Å²) in [5.41, 5.74) is -0.273. The lowest BCUT2D eigenvalue weighted by Gasteiger charge is -2.25. The van der Waals surface area contributed by atoms with Gasteiger partial charge >= 0.3 is 5.97 Å². The van der Waals surface area contributed by atoms with Gasteiger partial charge < -0.3 is 14.6 Å². The van der Waals surface area contributed by atoms with Crippen LogP contribution in [-0.2, 0) is 14.3 Å². The molecule has 2 rings (SSSR count). The monoisotopic (exact) mass is 297 g/mol. The second-order valence-electron chi connectivity index (χ2n) is 5.26. The Morgan fingerprint density at radius 3 is 2.57 bits per heavy atom. The van der Waals surface area contributed by atoms with Gasteiger partial charge in [-0.2, -0.15) is 0 Å². The summed E-state index contributed by atoms with van der Waals surface area (Å²) in [6.45, 7) is 1.49. The second kappa shape index (κ2) is 6.51. The van der Waals surface area contributed by atoms with E-state index in [2.05, 4.69) is 0 Å². The molecule has 0 saturated carbocycles. The van der Waals surface area contributed by atoms with E-state index in [1.807, 2.05) is 4.90 Å². The first kappa shape index (κ1) is 15.9. The summed E-state index contributed by atoms with van der Waals surface area (Å²) in [7, 11) is 3.01. The molecular formula is C15H20FNO4. The average Bonchev–Trinajstić information content (AvgIpc) is 2.90. The number of halogens is 1. The molecule has 6 heteroatoms. The molecule has 0 amide bonds. The van der Waals surface area contributed by atoms with Crippen molar-refractivity contribution in [2.24, 2.45) is 0 Å². The number of ether oxygens (including phenoxy) is 2. The van der Waals surface area contributed by atoms with E-state index in [1.165, 1.54) is 19.2 Å². The van der Waals surface area contributed by atoms with Crippen LogP contribution in [0.5, 0.6) is 0 Å². The van der Waals surface area contributed by atoms with Gasteiger partial charge in [-0.05, 0) is 17.7 Å². The number of hydrogen-bond donors (Lipinski definition) is 1. The van der Waals surface area contributed by atoms with Crippen LogP contribution in [0.4, 0.5) is 4.39 Å².